The van der Waals surface area contributed by atoms with Gasteiger partial charge in [-0.15, -0.1) is 0 Å². The first kappa shape index (κ1) is 17.7. The minimum Gasteiger partial charge on any atom is -0.422 e. The van der Waals surface area contributed by atoms with Crippen molar-refractivity contribution in [2.75, 3.05) is 0 Å². The maximum absolute atomic E-state index is 12.4. The molecule has 0 aromatic heterocycles. The lowest BCUT2D eigenvalue weighted by Gasteiger charge is -2.21. The third kappa shape index (κ3) is 3.11. The van der Waals surface area contributed by atoms with Crippen LogP contribution in [0.2, 0.25) is 15.1 Å². The Balaban J connectivity index is 1.85. The van der Waals surface area contributed by atoms with Crippen LogP contribution in [-0.2, 0) is 4.79 Å². The van der Waals surface area contributed by atoms with Crippen LogP contribution in [0.1, 0.15) is 27.6 Å². The van der Waals surface area contributed by atoms with Gasteiger partial charge in [0.15, 0.2) is 5.75 Å². The summed E-state index contributed by atoms with van der Waals surface area (Å²) in [6.07, 6.45) is 0. The summed E-state index contributed by atoms with van der Waals surface area (Å²) >= 11 is 17.8. The zero-order valence-corrected chi connectivity index (χ0v) is 15.0. The first-order valence-electron chi connectivity index (χ1n) is 7.14. The summed E-state index contributed by atoms with van der Waals surface area (Å²) in [5, 5.41) is 0.365. The normalized spacial score (nSPS) is 14.5. The van der Waals surface area contributed by atoms with Crippen molar-refractivity contribution in [1.82, 2.24) is 4.90 Å². The molecule has 0 spiro atoms. The monoisotopic (exact) mass is 397 g/mol. The molecule has 1 aliphatic heterocycles. The molecule has 1 atom stereocenters. The molecule has 1 aliphatic rings. The molecule has 8 heteroatoms. The minimum atomic E-state index is -1.16. The van der Waals surface area contributed by atoms with Gasteiger partial charge >= 0.3 is 5.97 Å². The van der Waals surface area contributed by atoms with Gasteiger partial charge < -0.3 is 4.74 Å². The summed E-state index contributed by atoms with van der Waals surface area (Å²) in [5.74, 6) is -2.04. The van der Waals surface area contributed by atoms with E-state index in [-0.39, 0.29) is 31.9 Å². The lowest BCUT2D eigenvalue weighted by molar-refractivity contribution is -0.138. The standard InChI is InChI=1S/C17H10Cl3NO4/c1-8(17(24)25-14-12(19)6-9(18)7-13(14)20)21-15(22)10-4-2-3-5-11(10)16(21)23/h2-8H,1H3. The van der Waals surface area contributed by atoms with E-state index in [0.717, 1.165) is 4.90 Å². The van der Waals surface area contributed by atoms with E-state index in [1.165, 1.54) is 31.2 Å². The van der Waals surface area contributed by atoms with Crippen LogP contribution in [0.25, 0.3) is 0 Å². The molecule has 5 nitrogen and oxygen atoms in total. The van der Waals surface area contributed by atoms with Crippen LogP contribution in [0.4, 0.5) is 0 Å². The number of fused-ring (bicyclic) bond motifs is 1. The summed E-state index contributed by atoms with van der Waals surface area (Å²) < 4.78 is 5.19. The van der Waals surface area contributed by atoms with Gasteiger partial charge in [-0.2, -0.15) is 0 Å². The van der Waals surface area contributed by atoms with Crippen LogP contribution in [-0.4, -0.2) is 28.7 Å². The molecular weight excluding hydrogens is 389 g/mol. The van der Waals surface area contributed by atoms with Crippen molar-refractivity contribution in [1.29, 1.82) is 0 Å². The molecule has 0 aliphatic carbocycles. The van der Waals surface area contributed by atoms with E-state index in [9.17, 15) is 14.4 Å². The van der Waals surface area contributed by atoms with Crippen molar-refractivity contribution >= 4 is 52.6 Å². The Kier molecular flexibility index (Phi) is 4.73. The van der Waals surface area contributed by atoms with Gasteiger partial charge in [-0.3, -0.25) is 14.5 Å². The average molecular weight is 399 g/mol. The highest BCUT2D eigenvalue weighted by atomic mass is 35.5. The summed E-state index contributed by atoms with van der Waals surface area (Å²) in [7, 11) is 0. The number of esters is 1. The Hall–Kier alpha value is -2.08. The number of benzene rings is 2. The number of hydrogen-bond donors (Lipinski definition) is 0. The fourth-order valence-corrected chi connectivity index (χ4v) is 3.37. The Bertz CT molecular complexity index is 855. The molecule has 2 aromatic rings. The van der Waals surface area contributed by atoms with Gasteiger partial charge in [0, 0.05) is 5.02 Å². The average Bonchev–Trinajstić information content (AvgIpc) is 2.82. The minimum absolute atomic E-state index is 0.0420. The van der Waals surface area contributed by atoms with E-state index in [1.807, 2.05) is 0 Å². The molecule has 0 N–H and O–H groups in total. The first-order chi connectivity index (χ1) is 11.8. The molecule has 0 bridgehead atoms. The number of carbonyl (C=O) groups excluding carboxylic acids is 3. The molecule has 0 radical (unpaired) electrons. The third-order valence-corrected chi connectivity index (χ3v) is 4.50. The number of rotatable bonds is 3. The molecule has 25 heavy (non-hydrogen) atoms. The number of imide groups is 1. The summed E-state index contributed by atoms with van der Waals surface area (Å²) in [5.41, 5.74) is 0.490. The van der Waals surface area contributed by atoms with Gasteiger partial charge in [-0.1, -0.05) is 46.9 Å². The second-order valence-corrected chi connectivity index (χ2v) is 6.57. The van der Waals surface area contributed by atoms with Crippen molar-refractivity contribution in [3.05, 3.63) is 62.6 Å². The van der Waals surface area contributed by atoms with E-state index in [1.54, 1.807) is 12.1 Å². The summed E-state index contributed by atoms with van der Waals surface area (Å²) in [4.78, 5) is 38.1. The Morgan fingerprint density at radius 1 is 1.00 bits per heavy atom. The van der Waals surface area contributed by atoms with E-state index in [4.69, 9.17) is 39.5 Å². The molecule has 128 valence electrons. The van der Waals surface area contributed by atoms with Gasteiger partial charge in [-0.05, 0) is 31.2 Å². The fraction of sp³-hybridized carbons (Fsp3) is 0.118. The van der Waals surface area contributed by atoms with Crippen molar-refractivity contribution in [2.45, 2.75) is 13.0 Å². The molecular formula is C17H10Cl3NO4. The molecule has 2 amide bonds. The van der Waals surface area contributed by atoms with Gasteiger partial charge in [0.05, 0.1) is 21.2 Å². The molecule has 3 rings (SSSR count). The van der Waals surface area contributed by atoms with Crippen LogP contribution in [0, 0.1) is 0 Å². The van der Waals surface area contributed by atoms with Crippen LogP contribution >= 0.6 is 34.8 Å². The highest BCUT2D eigenvalue weighted by Gasteiger charge is 2.41. The molecule has 0 saturated heterocycles. The van der Waals surface area contributed by atoms with Gasteiger partial charge in [-0.25, -0.2) is 4.79 Å². The van der Waals surface area contributed by atoms with Gasteiger partial charge in [0.2, 0.25) is 0 Å². The van der Waals surface area contributed by atoms with E-state index >= 15 is 0 Å². The lowest BCUT2D eigenvalue weighted by atomic mass is 10.1. The predicted molar refractivity (Wildman–Crippen MR) is 93.5 cm³/mol. The summed E-state index contributed by atoms with van der Waals surface area (Å²) in [6, 6.07) is 7.92. The fourth-order valence-electron chi connectivity index (χ4n) is 2.48. The maximum Gasteiger partial charge on any atom is 0.334 e. The van der Waals surface area contributed by atoms with Gasteiger partial charge in [0.25, 0.3) is 11.8 Å². The van der Waals surface area contributed by atoms with Crippen molar-refractivity contribution in [2.24, 2.45) is 0 Å². The number of nitrogens with zero attached hydrogens (tertiary/aromatic N) is 1. The molecule has 1 unspecified atom stereocenters. The Labute approximate surface area is 158 Å². The SMILES string of the molecule is CC(C(=O)Oc1c(Cl)cc(Cl)cc1Cl)N1C(=O)c2ccccc2C1=O. The lowest BCUT2D eigenvalue weighted by Crippen LogP contribution is -2.44. The number of halogens is 3. The van der Waals surface area contributed by atoms with Crippen molar-refractivity contribution in [3.8, 4) is 5.75 Å². The van der Waals surface area contributed by atoms with E-state index in [2.05, 4.69) is 0 Å². The predicted octanol–water partition coefficient (Wildman–Crippen LogP) is 4.24. The molecule has 0 fully saturated rings. The smallest absolute Gasteiger partial charge is 0.334 e. The van der Waals surface area contributed by atoms with Crippen LogP contribution in [0.15, 0.2) is 36.4 Å². The number of carbonyl (C=O) groups is 3. The number of amides is 2. The topological polar surface area (TPSA) is 63.7 Å². The largest absolute Gasteiger partial charge is 0.422 e. The second-order valence-electron chi connectivity index (χ2n) is 5.32. The van der Waals surface area contributed by atoms with E-state index < -0.39 is 23.8 Å². The summed E-state index contributed by atoms with van der Waals surface area (Å²) in [6.45, 7) is 1.39. The molecule has 0 saturated carbocycles. The second kappa shape index (κ2) is 6.67. The highest BCUT2D eigenvalue weighted by molar-refractivity contribution is 6.40. The highest BCUT2D eigenvalue weighted by Crippen LogP contribution is 2.36. The van der Waals surface area contributed by atoms with Crippen LogP contribution < -0.4 is 4.74 Å². The van der Waals surface area contributed by atoms with Crippen LogP contribution in [0.3, 0.4) is 0 Å². The quantitative estimate of drug-likeness (QED) is 0.441. The number of hydrogen-bond acceptors (Lipinski definition) is 4. The van der Waals surface area contributed by atoms with Crippen LogP contribution in [0.5, 0.6) is 5.75 Å². The van der Waals surface area contributed by atoms with E-state index in [0.29, 0.717) is 0 Å². The zero-order chi connectivity index (χ0) is 18.3. The Morgan fingerprint density at radius 2 is 1.48 bits per heavy atom. The van der Waals surface area contributed by atoms with Crippen molar-refractivity contribution < 1.29 is 19.1 Å². The van der Waals surface area contributed by atoms with Crippen molar-refractivity contribution in [3.63, 3.8) is 0 Å². The third-order valence-electron chi connectivity index (χ3n) is 3.72. The maximum atomic E-state index is 12.4. The first-order valence-corrected chi connectivity index (χ1v) is 8.27. The zero-order valence-electron chi connectivity index (χ0n) is 12.8. The van der Waals surface area contributed by atoms with Gasteiger partial charge in [0.1, 0.15) is 6.04 Å². The number of ether oxygens (including phenoxy) is 1. The molecule has 1 heterocycles. The Morgan fingerprint density at radius 3 is 1.96 bits per heavy atom. The molecule has 2 aromatic carbocycles.